The maximum atomic E-state index is 14.1. The van der Waals surface area contributed by atoms with Gasteiger partial charge in [0.2, 0.25) is 0 Å². The molecule has 1 aliphatic rings. The monoisotopic (exact) mass is 387 g/mol. The fourth-order valence-electron chi connectivity index (χ4n) is 2.17. The van der Waals surface area contributed by atoms with Gasteiger partial charge >= 0.3 is 6.09 Å². The molecule has 1 atom stereocenters. The van der Waals surface area contributed by atoms with Crippen molar-refractivity contribution in [3.05, 3.63) is 34.1 Å². The second kappa shape index (κ2) is 6.97. The zero-order valence-electron chi connectivity index (χ0n) is 13.3. The van der Waals surface area contributed by atoms with Crippen LogP contribution in [0, 0.1) is 5.82 Å². The average Bonchev–Trinajstić information content (AvgIpc) is 2.48. The fourth-order valence-corrected chi connectivity index (χ4v) is 2.53. The molecule has 5 nitrogen and oxygen atoms in total. The molecule has 0 N–H and O–H groups in total. The van der Waals surface area contributed by atoms with E-state index >= 15 is 0 Å². The van der Waals surface area contributed by atoms with E-state index in [2.05, 4.69) is 15.9 Å². The van der Waals surface area contributed by atoms with Crippen LogP contribution in [0.4, 0.5) is 9.18 Å². The van der Waals surface area contributed by atoms with Crippen molar-refractivity contribution in [2.45, 2.75) is 32.5 Å². The summed E-state index contributed by atoms with van der Waals surface area (Å²) in [4.78, 5) is 26.0. The first-order chi connectivity index (χ1) is 10.7. The molecule has 1 aromatic carbocycles. The van der Waals surface area contributed by atoms with Crippen LogP contribution in [0.5, 0.6) is 0 Å². The van der Waals surface area contributed by atoms with Crippen molar-refractivity contribution in [1.82, 2.24) is 4.90 Å². The van der Waals surface area contributed by atoms with Gasteiger partial charge in [0.1, 0.15) is 17.5 Å². The second-order valence-electron chi connectivity index (χ2n) is 6.25. The van der Waals surface area contributed by atoms with E-state index in [-0.39, 0.29) is 23.2 Å². The van der Waals surface area contributed by atoms with E-state index in [1.807, 2.05) is 0 Å². The number of ether oxygens (including phenoxy) is 2. The Labute approximate surface area is 142 Å². The Kier molecular flexibility index (Phi) is 5.41. The summed E-state index contributed by atoms with van der Waals surface area (Å²) < 4.78 is 25.0. The quantitative estimate of drug-likeness (QED) is 0.729. The van der Waals surface area contributed by atoms with Gasteiger partial charge in [0.25, 0.3) is 0 Å². The van der Waals surface area contributed by atoms with Crippen molar-refractivity contribution in [1.29, 1.82) is 0 Å². The number of carbonyl (C=O) groups is 2. The lowest BCUT2D eigenvalue weighted by molar-refractivity contribution is -0.0322. The number of hydrogen-bond acceptors (Lipinski definition) is 4. The van der Waals surface area contributed by atoms with Crippen LogP contribution in [0.25, 0.3) is 0 Å². The molecule has 0 aromatic heterocycles. The van der Waals surface area contributed by atoms with Gasteiger partial charge < -0.3 is 14.4 Å². The highest BCUT2D eigenvalue weighted by Crippen LogP contribution is 2.22. The van der Waals surface area contributed by atoms with Gasteiger partial charge in [0.05, 0.1) is 23.2 Å². The number of halogens is 2. The zero-order valence-corrected chi connectivity index (χ0v) is 14.9. The maximum Gasteiger partial charge on any atom is 0.410 e. The van der Waals surface area contributed by atoms with Crippen molar-refractivity contribution in [2.75, 3.05) is 19.7 Å². The molecule has 1 unspecified atom stereocenters. The Morgan fingerprint density at radius 1 is 1.39 bits per heavy atom. The van der Waals surface area contributed by atoms with Crippen molar-refractivity contribution in [3.63, 3.8) is 0 Å². The van der Waals surface area contributed by atoms with Crippen molar-refractivity contribution in [3.8, 4) is 0 Å². The Morgan fingerprint density at radius 3 is 2.74 bits per heavy atom. The third-order valence-corrected chi connectivity index (χ3v) is 3.84. The van der Waals surface area contributed by atoms with Gasteiger partial charge in [-0.25, -0.2) is 9.18 Å². The highest BCUT2D eigenvalue weighted by Gasteiger charge is 2.33. The lowest BCUT2D eigenvalue weighted by atomic mass is 10.0. The molecule has 1 aromatic rings. The van der Waals surface area contributed by atoms with Crippen molar-refractivity contribution < 1.29 is 23.5 Å². The molecular formula is C16H19BrFNO4. The van der Waals surface area contributed by atoms with E-state index in [1.165, 1.54) is 17.0 Å². The molecule has 1 aliphatic heterocycles. The van der Waals surface area contributed by atoms with Crippen molar-refractivity contribution in [2.24, 2.45) is 0 Å². The average molecular weight is 388 g/mol. The van der Waals surface area contributed by atoms with E-state index in [9.17, 15) is 14.0 Å². The summed E-state index contributed by atoms with van der Waals surface area (Å²) in [6.45, 7) is 5.88. The summed E-state index contributed by atoms with van der Waals surface area (Å²) in [7, 11) is 0. The van der Waals surface area contributed by atoms with Gasteiger partial charge in [-0.2, -0.15) is 0 Å². The van der Waals surface area contributed by atoms with E-state index < -0.39 is 29.4 Å². The summed E-state index contributed by atoms with van der Waals surface area (Å²) in [6, 6.07) is 4.49. The van der Waals surface area contributed by atoms with Crippen LogP contribution < -0.4 is 0 Å². The molecular weight excluding hydrogens is 369 g/mol. The molecule has 0 radical (unpaired) electrons. The van der Waals surface area contributed by atoms with Gasteiger partial charge in [-0.15, -0.1) is 0 Å². The largest absolute Gasteiger partial charge is 0.444 e. The predicted octanol–water partition coefficient (Wildman–Crippen LogP) is 3.41. The minimum Gasteiger partial charge on any atom is -0.444 e. The lowest BCUT2D eigenvalue weighted by Crippen LogP contribution is -2.50. The topological polar surface area (TPSA) is 55.8 Å². The molecule has 1 heterocycles. The molecule has 126 valence electrons. The standard InChI is InChI=1S/C16H19BrFNO4/c1-16(2,3)23-15(21)19-7-8-22-12(9-19)14(20)10-5-4-6-11(17)13(10)18/h4-6,12H,7-9H2,1-3H3. The van der Waals surface area contributed by atoms with Gasteiger partial charge in [-0.3, -0.25) is 4.79 Å². The predicted molar refractivity (Wildman–Crippen MR) is 86.0 cm³/mol. The van der Waals surface area contributed by atoms with Gasteiger partial charge in [-0.1, -0.05) is 6.07 Å². The smallest absolute Gasteiger partial charge is 0.410 e. The molecule has 0 spiro atoms. The highest BCUT2D eigenvalue weighted by molar-refractivity contribution is 9.10. The number of nitrogens with zero attached hydrogens (tertiary/aromatic N) is 1. The van der Waals surface area contributed by atoms with Crippen LogP contribution in [-0.2, 0) is 9.47 Å². The number of morpholine rings is 1. The highest BCUT2D eigenvalue weighted by atomic mass is 79.9. The SMILES string of the molecule is CC(C)(C)OC(=O)N1CCOC(C(=O)c2cccc(Br)c2F)C1. The minimum absolute atomic E-state index is 0.0414. The minimum atomic E-state index is -0.903. The number of hydrogen-bond donors (Lipinski definition) is 0. The van der Waals surface area contributed by atoms with Crippen molar-refractivity contribution >= 4 is 27.8 Å². The first-order valence-corrected chi connectivity index (χ1v) is 8.06. The van der Waals surface area contributed by atoms with Crippen LogP contribution in [0.3, 0.4) is 0 Å². The van der Waals surface area contributed by atoms with Crippen LogP contribution in [-0.4, -0.2) is 48.2 Å². The molecule has 2 rings (SSSR count). The number of benzene rings is 1. The number of rotatable bonds is 2. The zero-order chi connectivity index (χ0) is 17.2. The Hall–Kier alpha value is -1.47. The number of Topliss-reactive ketones (excluding diaryl/α,β-unsaturated/α-hetero) is 1. The second-order valence-corrected chi connectivity index (χ2v) is 7.11. The molecule has 7 heteroatoms. The van der Waals surface area contributed by atoms with Crippen LogP contribution >= 0.6 is 15.9 Å². The Balaban J connectivity index is 2.10. The van der Waals surface area contributed by atoms with Gasteiger partial charge in [0, 0.05) is 6.54 Å². The van der Waals surface area contributed by atoms with Crippen LogP contribution in [0.1, 0.15) is 31.1 Å². The molecule has 0 saturated carbocycles. The van der Waals surface area contributed by atoms with E-state index in [0.29, 0.717) is 6.54 Å². The third kappa shape index (κ3) is 4.51. The first kappa shape index (κ1) is 17.9. The maximum absolute atomic E-state index is 14.1. The molecule has 0 aliphatic carbocycles. The number of ketones is 1. The van der Waals surface area contributed by atoms with Gasteiger partial charge in [-0.05, 0) is 48.8 Å². The van der Waals surface area contributed by atoms with Crippen LogP contribution in [0.2, 0.25) is 0 Å². The molecule has 1 saturated heterocycles. The number of amides is 1. The lowest BCUT2D eigenvalue weighted by Gasteiger charge is -2.33. The summed E-state index contributed by atoms with van der Waals surface area (Å²) in [5.41, 5.74) is -0.680. The number of carbonyl (C=O) groups excluding carboxylic acids is 2. The Bertz CT molecular complexity index is 615. The van der Waals surface area contributed by atoms with Gasteiger partial charge in [0.15, 0.2) is 5.78 Å². The van der Waals surface area contributed by atoms with E-state index in [4.69, 9.17) is 9.47 Å². The van der Waals surface area contributed by atoms with Crippen LogP contribution in [0.15, 0.2) is 22.7 Å². The first-order valence-electron chi connectivity index (χ1n) is 7.27. The fraction of sp³-hybridized carbons (Fsp3) is 0.500. The van der Waals surface area contributed by atoms with E-state index in [1.54, 1.807) is 26.8 Å². The summed E-state index contributed by atoms with van der Waals surface area (Å²) in [6.07, 6.45) is -1.41. The summed E-state index contributed by atoms with van der Waals surface area (Å²) in [5, 5.41) is 0. The normalized spacial score (nSPS) is 18.7. The molecule has 1 fully saturated rings. The van der Waals surface area contributed by atoms with E-state index in [0.717, 1.165) is 0 Å². The third-order valence-electron chi connectivity index (χ3n) is 3.23. The molecule has 23 heavy (non-hydrogen) atoms. The Morgan fingerprint density at radius 2 is 2.09 bits per heavy atom. The summed E-state index contributed by atoms with van der Waals surface area (Å²) >= 11 is 3.05. The molecule has 0 bridgehead atoms. The summed E-state index contributed by atoms with van der Waals surface area (Å²) in [5.74, 6) is -1.12. The molecule has 1 amide bonds.